The summed E-state index contributed by atoms with van der Waals surface area (Å²) in [6.07, 6.45) is 5.45. The second-order valence-corrected chi connectivity index (χ2v) is 8.17. The number of nitrogens with zero attached hydrogens (tertiary/aromatic N) is 2. The molecule has 0 saturated heterocycles. The Bertz CT molecular complexity index is 1500. The zero-order valence-electron chi connectivity index (χ0n) is 18.7. The van der Waals surface area contributed by atoms with Crippen molar-refractivity contribution >= 4 is 16.9 Å². The van der Waals surface area contributed by atoms with Crippen molar-refractivity contribution in [1.29, 1.82) is 0 Å². The Labute approximate surface area is 196 Å². The van der Waals surface area contributed by atoms with Crippen LogP contribution in [0.25, 0.3) is 22.3 Å². The molecule has 6 nitrogen and oxygen atoms in total. The van der Waals surface area contributed by atoms with Gasteiger partial charge in [-0.05, 0) is 30.2 Å². The van der Waals surface area contributed by atoms with Crippen molar-refractivity contribution < 1.29 is 9.21 Å². The molecule has 0 spiro atoms. The van der Waals surface area contributed by atoms with Crippen LogP contribution in [0.4, 0.5) is 0 Å². The molecule has 0 bridgehead atoms. The molecule has 34 heavy (non-hydrogen) atoms. The number of para-hydroxylation sites is 1. The van der Waals surface area contributed by atoms with Crippen LogP contribution in [0, 0.1) is 6.92 Å². The van der Waals surface area contributed by atoms with Crippen LogP contribution < -0.4 is 10.7 Å². The van der Waals surface area contributed by atoms with Gasteiger partial charge in [-0.2, -0.15) is 0 Å². The minimum atomic E-state index is -0.292. The van der Waals surface area contributed by atoms with E-state index in [1.807, 2.05) is 65.4 Å². The Morgan fingerprint density at radius 3 is 2.47 bits per heavy atom. The van der Waals surface area contributed by atoms with Gasteiger partial charge in [0.2, 0.25) is 0 Å². The van der Waals surface area contributed by atoms with E-state index in [0.29, 0.717) is 34.4 Å². The normalized spacial score (nSPS) is 11.0. The first-order valence-corrected chi connectivity index (χ1v) is 11.0. The quantitative estimate of drug-likeness (QED) is 0.398. The molecule has 6 heteroatoms. The summed E-state index contributed by atoms with van der Waals surface area (Å²) in [6, 6.07) is 22.6. The third-order valence-electron chi connectivity index (χ3n) is 5.83. The van der Waals surface area contributed by atoms with Crippen molar-refractivity contribution in [3.8, 4) is 11.3 Å². The number of fused-ring (bicyclic) bond motifs is 1. The van der Waals surface area contributed by atoms with Gasteiger partial charge in [-0.1, -0.05) is 60.7 Å². The van der Waals surface area contributed by atoms with Crippen molar-refractivity contribution in [1.82, 2.24) is 14.9 Å². The van der Waals surface area contributed by atoms with Gasteiger partial charge in [-0.25, -0.2) is 4.98 Å². The summed E-state index contributed by atoms with van der Waals surface area (Å²) in [4.78, 5) is 30.2. The van der Waals surface area contributed by atoms with Gasteiger partial charge in [0.1, 0.15) is 5.76 Å². The molecule has 1 N–H and O–H groups in total. The molecule has 0 unspecified atom stereocenters. The molecular formula is C28H23N3O3. The maximum atomic E-state index is 13.1. The van der Waals surface area contributed by atoms with Gasteiger partial charge >= 0.3 is 0 Å². The van der Waals surface area contributed by atoms with Crippen molar-refractivity contribution in [2.75, 3.05) is 0 Å². The predicted octanol–water partition coefficient (Wildman–Crippen LogP) is 4.94. The number of imidazole rings is 1. The van der Waals surface area contributed by atoms with Gasteiger partial charge in [0, 0.05) is 36.6 Å². The minimum Gasteiger partial charge on any atom is -0.455 e. The lowest BCUT2D eigenvalue weighted by Gasteiger charge is -2.11. The highest BCUT2D eigenvalue weighted by molar-refractivity contribution is 6.05. The minimum absolute atomic E-state index is 0.136. The lowest BCUT2D eigenvalue weighted by molar-refractivity contribution is 0.0951. The molecule has 5 aromatic rings. The molecule has 3 aromatic carbocycles. The Hall–Kier alpha value is -4.45. The fourth-order valence-electron chi connectivity index (χ4n) is 3.98. The molecule has 2 heterocycles. The Morgan fingerprint density at radius 1 is 0.971 bits per heavy atom. The van der Waals surface area contributed by atoms with Crippen LogP contribution in [-0.2, 0) is 13.1 Å². The second kappa shape index (κ2) is 9.19. The number of benzene rings is 3. The number of carbonyl (C=O) groups is 1. The number of carbonyl (C=O) groups excluding carboxylic acids is 1. The number of nitrogens with one attached hydrogen (secondary N) is 1. The molecule has 0 atom stereocenters. The van der Waals surface area contributed by atoms with Crippen LogP contribution in [0.2, 0.25) is 0 Å². The molecule has 1 amide bonds. The molecule has 0 aliphatic rings. The largest absolute Gasteiger partial charge is 0.455 e. The highest BCUT2D eigenvalue weighted by Gasteiger charge is 2.18. The lowest BCUT2D eigenvalue weighted by atomic mass is 10.0. The first-order valence-electron chi connectivity index (χ1n) is 11.0. The molecule has 0 radical (unpaired) electrons. The molecule has 2 aromatic heterocycles. The Balaban J connectivity index is 1.39. The van der Waals surface area contributed by atoms with Crippen molar-refractivity contribution in [3.63, 3.8) is 0 Å². The molecule has 0 aliphatic carbocycles. The summed E-state index contributed by atoms with van der Waals surface area (Å²) in [5, 5.41) is 3.35. The maximum absolute atomic E-state index is 13.1. The molecule has 168 valence electrons. The van der Waals surface area contributed by atoms with Crippen molar-refractivity contribution in [2.45, 2.75) is 20.0 Å². The fraction of sp³-hybridized carbons (Fsp3) is 0.107. The number of rotatable bonds is 6. The first kappa shape index (κ1) is 21.4. The van der Waals surface area contributed by atoms with Crippen LogP contribution in [0.15, 0.2) is 101 Å². The third-order valence-corrected chi connectivity index (χ3v) is 5.83. The predicted molar refractivity (Wildman–Crippen MR) is 132 cm³/mol. The van der Waals surface area contributed by atoms with E-state index >= 15 is 0 Å². The van der Waals surface area contributed by atoms with Gasteiger partial charge in [0.25, 0.3) is 5.91 Å². The fourth-order valence-corrected chi connectivity index (χ4v) is 3.98. The van der Waals surface area contributed by atoms with Crippen molar-refractivity contribution in [2.24, 2.45) is 0 Å². The number of aromatic nitrogens is 2. The summed E-state index contributed by atoms with van der Waals surface area (Å²) in [5.74, 6) is 0.186. The zero-order chi connectivity index (χ0) is 23.5. The average Bonchev–Trinajstić information content (AvgIpc) is 3.39. The monoisotopic (exact) mass is 449 g/mol. The van der Waals surface area contributed by atoms with Gasteiger partial charge in [0.05, 0.1) is 17.3 Å². The highest BCUT2D eigenvalue weighted by atomic mass is 16.3. The van der Waals surface area contributed by atoms with E-state index in [0.717, 1.165) is 23.2 Å². The third kappa shape index (κ3) is 4.26. The maximum Gasteiger partial charge on any atom is 0.255 e. The summed E-state index contributed by atoms with van der Waals surface area (Å²) in [6.45, 7) is 2.85. The molecule has 0 fully saturated rings. The molecule has 0 aliphatic heterocycles. The second-order valence-electron chi connectivity index (χ2n) is 8.17. The van der Waals surface area contributed by atoms with E-state index in [9.17, 15) is 9.59 Å². The van der Waals surface area contributed by atoms with E-state index < -0.39 is 0 Å². The van der Waals surface area contributed by atoms with Crippen LogP contribution in [0.3, 0.4) is 0 Å². The average molecular weight is 450 g/mol. The van der Waals surface area contributed by atoms with Crippen LogP contribution >= 0.6 is 0 Å². The number of amides is 1. The van der Waals surface area contributed by atoms with E-state index in [1.165, 1.54) is 0 Å². The number of hydrogen-bond acceptors (Lipinski definition) is 4. The summed E-state index contributed by atoms with van der Waals surface area (Å²) in [5.41, 5.74) is 3.94. The Morgan fingerprint density at radius 2 is 1.74 bits per heavy atom. The van der Waals surface area contributed by atoms with Crippen molar-refractivity contribution in [3.05, 3.63) is 124 Å². The first-order chi connectivity index (χ1) is 16.6. The van der Waals surface area contributed by atoms with Crippen LogP contribution in [0.1, 0.15) is 27.0 Å². The topological polar surface area (TPSA) is 77.1 Å². The summed E-state index contributed by atoms with van der Waals surface area (Å²) >= 11 is 0. The lowest BCUT2D eigenvalue weighted by Crippen LogP contribution is -2.23. The standard InChI is InChI=1S/C28H23N3O3/c1-19-25(32)23-8-5-9-24(27(23)34-26(19)22-6-3-2-4-7-22)28(33)30-16-20-10-12-21(13-11-20)17-31-15-14-29-18-31/h2-15,18H,16-17H2,1H3,(H,30,33). The number of hydrogen-bond donors (Lipinski definition) is 1. The van der Waals surface area contributed by atoms with Gasteiger partial charge in [-0.3, -0.25) is 9.59 Å². The van der Waals surface area contributed by atoms with E-state index in [1.54, 1.807) is 37.6 Å². The summed E-state index contributed by atoms with van der Waals surface area (Å²) < 4.78 is 8.16. The van der Waals surface area contributed by atoms with Gasteiger partial charge in [-0.15, -0.1) is 0 Å². The SMILES string of the molecule is Cc1c(-c2ccccc2)oc2c(C(=O)NCc3ccc(Cn4ccnc4)cc3)cccc2c1=O. The molecular weight excluding hydrogens is 426 g/mol. The van der Waals surface area contributed by atoms with Gasteiger partial charge < -0.3 is 14.3 Å². The van der Waals surface area contributed by atoms with E-state index in [-0.39, 0.29) is 11.3 Å². The van der Waals surface area contributed by atoms with Crippen LogP contribution in [-0.4, -0.2) is 15.5 Å². The molecule has 0 saturated carbocycles. The van der Waals surface area contributed by atoms with Crippen LogP contribution in [0.5, 0.6) is 0 Å². The summed E-state index contributed by atoms with van der Waals surface area (Å²) in [7, 11) is 0. The van der Waals surface area contributed by atoms with E-state index in [2.05, 4.69) is 10.3 Å². The van der Waals surface area contributed by atoms with Gasteiger partial charge in [0.15, 0.2) is 11.0 Å². The smallest absolute Gasteiger partial charge is 0.255 e. The van der Waals surface area contributed by atoms with E-state index in [4.69, 9.17) is 4.42 Å². The Kier molecular flexibility index (Phi) is 5.79. The highest BCUT2D eigenvalue weighted by Crippen LogP contribution is 2.27. The zero-order valence-corrected chi connectivity index (χ0v) is 18.7. The molecule has 5 rings (SSSR count).